The van der Waals surface area contributed by atoms with Gasteiger partial charge in [0.25, 0.3) is 0 Å². The second-order valence-electron chi connectivity index (χ2n) is 7.71. The molecule has 0 atom stereocenters. The molecule has 0 spiro atoms. The maximum atomic E-state index is 13.7. The van der Waals surface area contributed by atoms with E-state index in [1.165, 1.54) is 30.7 Å². The van der Waals surface area contributed by atoms with Gasteiger partial charge in [-0.2, -0.15) is 0 Å². The maximum absolute atomic E-state index is 13.7. The van der Waals surface area contributed by atoms with Crippen LogP contribution in [-0.4, -0.2) is 39.5 Å². The van der Waals surface area contributed by atoms with Crippen LogP contribution in [0.4, 0.5) is 10.3 Å². The third-order valence-corrected chi connectivity index (χ3v) is 6.33. The number of benzene rings is 1. The molecule has 2 fully saturated rings. The van der Waals surface area contributed by atoms with Crippen LogP contribution in [0, 0.1) is 11.7 Å². The van der Waals surface area contributed by atoms with Crippen molar-refractivity contribution >= 4 is 23.6 Å². The Labute approximate surface area is 168 Å². The molecular weight excluding hydrogens is 377 g/mol. The summed E-state index contributed by atoms with van der Waals surface area (Å²) in [5, 5.41) is 12.4. The number of piperidine rings is 1. The molecule has 1 aromatic carbocycles. The van der Waals surface area contributed by atoms with E-state index in [1.54, 1.807) is 18.2 Å². The normalized spacial score (nSPS) is 17.7. The van der Waals surface area contributed by atoms with Gasteiger partial charge in [0.2, 0.25) is 11.9 Å². The molecule has 1 N–H and O–H groups in total. The molecule has 6 nitrogen and oxygen atoms in total. The maximum Gasteiger partial charge on any atom is 0.230 e. The molecule has 1 saturated carbocycles. The Morgan fingerprint density at radius 3 is 2.68 bits per heavy atom. The van der Waals surface area contributed by atoms with Crippen LogP contribution in [0.25, 0.3) is 0 Å². The first-order chi connectivity index (χ1) is 13.6. The summed E-state index contributed by atoms with van der Waals surface area (Å²) in [6.45, 7) is 4.52. The van der Waals surface area contributed by atoms with Gasteiger partial charge >= 0.3 is 0 Å². The molecule has 0 bridgehead atoms. The van der Waals surface area contributed by atoms with Crippen LogP contribution in [0.15, 0.2) is 29.4 Å². The van der Waals surface area contributed by atoms with Gasteiger partial charge in [0.15, 0.2) is 5.16 Å². The van der Waals surface area contributed by atoms with E-state index < -0.39 is 0 Å². The Morgan fingerprint density at radius 1 is 1.21 bits per heavy atom. The molecule has 8 heteroatoms. The zero-order chi connectivity index (χ0) is 19.5. The van der Waals surface area contributed by atoms with E-state index >= 15 is 0 Å². The van der Waals surface area contributed by atoms with Gasteiger partial charge in [0.1, 0.15) is 5.82 Å². The van der Waals surface area contributed by atoms with Crippen molar-refractivity contribution < 1.29 is 9.18 Å². The van der Waals surface area contributed by atoms with Crippen LogP contribution in [0.2, 0.25) is 0 Å². The number of nitrogens with one attached hydrogen (secondary N) is 1. The lowest BCUT2D eigenvalue weighted by molar-refractivity contribution is -0.118. The minimum atomic E-state index is -0.301. The second-order valence-corrected chi connectivity index (χ2v) is 8.65. The number of nitrogens with zero attached hydrogens (tertiary/aromatic N) is 4. The highest BCUT2D eigenvalue weighted by molar-refractivity contribution is 7.99. The monoisotopic (exact) mass is 403 g/mol. The Morgan fingerprint density at radius 2 is 1.96 bits per heavy atom. The first kappa shape index (κ1) is 19.2. The van der Waals surface area contributed by atoms with Crippen LogP contribution in [0.3, 0.4) is 0 Å². The first-order valence-electron chi connectivity index (χ1n) is 9.94. The molecule has 0 radical (unpaired) electrons. The number of amides is 1. The van der Waals surface area contributed by atoms with Crippen molar-refractivity contribution in [2.24, 2.45) is 5.92 Å². The number of hydrogen-bond donors (Lipinski definition) is 1. The third-order valence-electron chi connectivity index (χ3n) is 5.39. The van der Waals surface area contributed by atoms with Gasteiger partial charge in [-0.25, -0.2) is 4.39 Å². The summed E-state index contributed by atoms with van der Waals surface area (Å²) in [4.78, 5) is 14.5. The van der Waals surface area contributed by atoms with E-state index in [1.807, 2.05) is 0 Å². The topological polar surface area (TPSA) is 63.1 Å². The number of carbonyl (C=O) groups is 1. The number of anilines is 1. The lowest BCUT2D eigenvalue weighted by atomic mass is 10.00. The number of thioether (sulfide) groups is 1. The molecule has 2 heterocycles. The van der Waals surface area contributed by atoms with Crippen LogP contribution >= 0.6 is 11.8 Å². The summed E-state index contributed by atoms with van der Waals surface area (Å²) in [5.74, 6) is 1.52. The van der Waals surface area contributed by atoms with Crippen LogP contribution in [0.5, 0.6) is 0 Å². The molecule has 1 amide bonds. The predicted octanol–water partition coefficient (Wildman–Crippen LogP) is 3.40. The van der Waals surface area contributed by atoms with Crippen LogP contribution < -0.4 is 10.2 Å². The highest BCUT2D eigenvalue weighted by Gasteiger charge is 2.32. The molecule has 0 unspecified atom stereocenters. The van der Waals surface area contributed by atoms with Crippen molar-refractivity contribution in [2.75, 3.05) is 23.7 Å². The van der Waals surface area contributed by atoms with Crippen LogP contribution in [0.1, 0.15) is 44.2 Å². The Kier molecular flexibility index (Phi) is 5.85. The van der Waals surface area contributed by atoms with Crippen molar-refractivity contribution in [3.05, 3.63) is 35.6 Å². The standard InChI is InChI=1S/C20H26FN5OS/c1-14-8-10-25(11-9-14)19-23-24-20(26(19)16-6-7-16)28-13-18(27)22-12-15-4-2-3-5-17(15)21/h2-5,14,16H,6-13H2,1H3,(H,22,27). The van der Waals surface area contributed by atoms with Crippen LogP contribution in [-0.2, 0) is 11.3 Å². The smallest absolute Gasteiger partial charge is 0.230 e. The predicted molar refractivity (Wildman–Crippen MR) is 108 cm³/mol. The molecule has 1 aliphatic carbocycles. The molecule has 28 heavy (non-hydrogen) atoms. The Balaban J connectivity index is 1.35. The average molecular weight is 404 g/mol. The number of carbonyl (C=O) groups excluding carboxylic acids is 1. The van der Waals surface area contributed by atoms with Gasteiger partial charge in [0.05, 0.1) is 5.75 Å². The van der Waals surface area contributed by atoms with Gasteiger partial charge in [-0.1, -0.05) is 36.9 Å². The highest BCUT2D eigenvalue weighted by Crippen LogP contribution is 2.41. The lowest BCUT2D eigenvalue weighted by Crippen LogP contribution is -2.34. The fourth-order valence-electron chi connectivity index (χ4n) is 3.46. The number of rotatable bonds is 7. The van der Waals surface area contributed by atoms with Gasteiger partial charge in [-0.05, 0) is 37.7 Å². The summed E-state index contributed by atoms with van der Waals surface area (Å²) in [6.07, 6.45) is 4.64. The van der Waals surface area contributed by atoms with Crippen molar-refractivity contribution in [1.29, 1.82) is 0 Å². The van der Waals surface area contributed by atoms with E-state index in [0.717, 1.165) is 43.0 Å². The largest absolute Gasteiger partial charge is 0.351 e. The summed E-state index contributed by atoms with van der Waals surface area (Å²) < 4.78 is 15.9. The van der Waals surface area contributed by atoms with Crippen molar-refractivity contribution in [1.82, 2.24) is 20.1 Å². The summed E-state index contributed by atoms with van der Waals surface area (Å²) in [6, 6.07) is 6.94. The number of hydrogen-bond acceptors (Lipinski definition) is 5. The first-order valence-corrected chi connectivity index (χ1v) is 10.9. The highest BCUT2D eigenvalue weighted by atomic mass is 32.2. The molecule has 2 aliphatic rings. The fourth-order valence-corrected chi connectivity index (χ4v) is 4.29. The fraction of sp³-hybridized carbons (Fsp3) is 0.550. The van der Waals surface area contributed by atoms with Gasteiger partial charge in [-0.15, -0.1) is 10.2 Å². The molecule has 1 saturated heterocycles. The molecular formula is C20H26FN5OS. The minimum Gasteiger partial charge on any atom is -0.351 e. The quantitative estimate of drug-likeness (QED) is 0.718. The SMILES string of the molecule is CC1CCN(c2nnc(SCC(=O)NCc3ccccc3F)n2C2CC2)CC1. The van der Waals surface area contributed by atoms with Gasteiger partial charge in [0, 0.05) is 31.2 Å². The average Bonchev–Trinajstić information content (AvgIpc) is 3.45. The molecule has 150 valence electrons. The van der Waals surface area contributed by atoms with Crippen molar-refractivity contribution in [2.45, 2.75) is 50.4 Å². The van der Waals surface area contributed by atoms with Gasteiger partial charge < -0.3 is 10.2 Å². The number of aromatic nitrogens is 3. The molecule has 1 aliphatic heterocycles. The summed E-state index contributed by atoms with van der Waals surface area (Å²) >= 11 is 1.41. The minimum absolute atomic E-state index is 0.132. The zero-order valence-corrected chi connectivity index (χ0v) is 16.9. The molecule has 4 rings (SSSR count). The Hall–Kier alpha value is -2.09. The zero-order valence-electron chi connectivity index (χ0n) is 16.1. The van der Waals surface area contributed by atoms with E-state index in [-0.39, 0.29) is 24.0 Å². The molecule has 1 aromatic heterocycles. The van der Waals surface area contributed by atoms with E-state index in [4.69, 9.17) is 0 Å². The van der Waals surface area contributed by atoms with E-state index in [2.05, 4.69) is 31.9 Å². The summed E-state index contributed by atoms with van der Waals surface area (Å²) in [7, 11) is 0. The van der Waals surface area contributed by atoms with Crippen molar-refractivity contribution in [3.63, 3.8) is 0 Å². The molecule has 2 aromatic rings. The lowest BCUT2D eigenvalue weighted by Gasteiger charge is -2.31. The summed E-state index contributed by atoms with van der Waals surface area (Å²) in [5.41, 5.74) is 0.489. The Bertz CT molecular complexity index is 830. The second kappa shape index (κ2) is 8.51. The van der Waals surface area contributed by atoms with Crippen molar-refractivity contribution in [3.8, 4) is 0 Å². The van der Waals surface area contributed by atoms with E-state index in [9.17, 15) is 9.18 Å². The third kappa shape index (κ3) is 4.48. The van der Waals surface area contributed by atoms with Gasteiger partial charge in [-0.3, -0.25) is 9.36 Å². The van der Waals surface area contributed by atoms with E-state index in [0.29, 0.717) is 11.6 Å². The number of halogens is 1.